The number of halogens is 1. The van der Waals surface area contributed by atoms with E-state index >= 15 is 0 Å². The molecule has 0 unspecified atom stereocenters. The number of thiocarbonyl (C=S) groups is 1. The summed E-state index contributed by atoms with van der Waals surface area (Å²) in [6, 6.07) is 7.70. The Bertz CT molecular complexity index is 1120. The van der Waals surface area contributed by atoms with E-state index in [2.05, 4.69) is 15.7 Å². The Labute approximate surface area is 190 Å². The van der Waals surface area contributed by atoms with Crippen molar-refractivity contribution < 1.29 is 9.53 Å². The van der Waals surface area contributed by atoms with Gasteiger partial charge in [-0.25, -0.2) is 4.79 Å². The van der Waals surface area contributed by atoms with Gasteiger partial charge in [0, 0.05) is 9.90 Å². The second-order valence-corrected chi connectivity index (χ2v) is 8.89. The molecule has 1 aromatic carbocycles. The van der Waals surface area contributed by atoms with Gasteiger partial charge in [-0.15, -0.1) is 11.3 Å². The van der Waals surface area contributed by atoms with Crippen LogP contribution in [0.3, 0.4) is 0 Å². The second kappa shape index (κ2) is 9.16. The van der Waals surface area contributed by atoms with Gasteiger partial charge in [0.15, 0.2) is 5.11 Å². The maximum absolute atomic E-state index is 12.2. The van der Waals surface area contributed by atoms with Crippen molar-refractivity contribution >= 4 is 56.9 Å². The lowest BCUT2D eigenvalue weighted by Gasteiger charge is -2.12. The van der Waals surface area contributed by atoms with Gasteiger partial charge in [-0.1, -0.05) is 29.8 Å². The Hall–Kier alpha value is -2.42. The molecule has 30 heavy (non-hydrogen) atoms. The van der Waals surface area contributed by atoms with Gasteiger partial charge in [-0.3, -0.25) is 4.68 Å². The minimum Gasteiger partial charge on any atom is -0.465 e. The fraction of sp³-hybridized carbons (Fsp3) is 0.286. The van der Waals surface area contributed by atoms with Crippen LogP contribution in [-0.4, -0.2) is 28.0 Å². The van der Waals surface area contributed by atoms with E-state index in [1.807, 2.05) is 56.6 Å². The molecule has 0 bridgehead atoms. The molecule has 0 fully saturated rings. The lowest BCUT2D eigenvalue weighted by Crippen LogP contribution is -2.21. The Morgan fingerprint density at radius 2 is 1.93 bits per heavy atom. The lowest BCUT2D eigenvalue weighted by atomic mass is 10.1. The summed E-state index contributed by atoms with van der Waals surface area (Å²) in [6.07, 6.45) is 0. The number of hydrogen-bond donors (Lipinski definition) is 2. The first-order chi connectivity index (χ1) is 14.2. The third-order valence-electron chi connectivity index (χ3n) is 4.90. The Morgan fingerprint density at radius 3 is 2.60 bits per heavy atom. The molecular formula is C21H23ClN4O2S2. The summed E-state index contributed by atoms with van der Waals surface area (Å²) < 4.78 is 6.81. The van der Waals surface area contributed by atoms with Gasteiger partial charge in [-0.05, 0) is 57.1 Å². The number of nitrogens with zero attached hydrogens (tertiary/aromatic N) is 2. The van der Waals surface area contributed by atoms with E-state index in [1.165, 1.54) is 18.4 Å². The molecule has 0 aliphatic carbocycles. The number of aryl methyl sites for hydroxylation is 2. The molecule has 0 atom stereocenters. The van der Waals surface area contributed by atoms with Gasteiger partial charge in [-0.2, -0.15) is 5.10 Å². The summed E-state index contributed by atoms with van der Waals surface area (Å²) in [6.45, 7) is 8.30. The highest BCUT2D eigenvalue weighted by molar-refractivity contribution is 7.80. The van der Waals surface area contributed by atoms with E-state index in [0.717, 1.165) is 33.1 Å². The van der Waals surface area contributed by atoms with Gasteiger partial charge >= 0.3 is 5.97 Å². The van der Waals surface area contributed by atoms with Crippen LogP contribution in [0.2, 0.25) is 5.02 Å². The van der Waals surface area contributed by atoms with E-state index in [9.17, 15) is 4.79 Å². The van der Waals surface area contributed by atoms with Gasteiger partial charge in [0.25, 0.3) is 0 Å². The van der Waals surface area contributed by atoms with Gasteiger partial charge < -0.3 is 15.4 Å². The van der Waals surface area contributed by atoms with Gasteiger partial charge in [0.1, 0.15) is 5.00 Å². The van der Waals surface area contributed by atoms with Crippen molar-refractivity contribution in [2.45, 2.75) is 34.2 Å². The van der Waals surface area contributed by atoms with Crippen molar-refractivity contribution in [3.63, 3.8) is 0 Å². The summed E-state index contributed by atoms with van der Waals surface area (Å²) in [5, 5.41) is 12.7. The van der Waals surface area contributed by atoms with Crippen LogP contribution in [0.4, 0.5) is 10.7 Å². The smallest absolute Gasteiger partial charge is 0.341 e. The SMILES string of the molecule is COC(=O)c1c(NC(=S)Nc2c(C)nn(Cc3ccccc3Cl)c2C)sc(C)c1C. The van der Waals surface area contributed by atoms with Crippen molar-refractivity contribution in [2.75, 3.05) is 17.7 Å². The number of methoxy groups -OCH3 is 1. The molecular weight excluding hydrogens is 440 g/mol. The largest absolute Gasteiger partial charge is 0.465 e. The molecule has 0 amide bonds. The van der Waals surface area contributed by atoms with Crippen molar-refractivity contribution in [3.05, 3.63) is 62.2 Å². The van der Waals surface area contributed by atoms with Crippen LogP contribution in [0.25, 0.3) is 0 Å². The molecule has 0 radical (unpaired) electrons. The van der Waals surface area contributed by atoms with E-state index in [1.54, 1.807) is 0 Å². The summed E-state index contributed by atoms with van der Waals surface area (Å²) in [5.41, 5.74) is 4.95. The first-order valence-electron chi connectivity index (χ1n) is 9.26. The van der Waals surface area contributed by atoms with Crippen LogP contribution in [0, 0.1) is 27.7 Å². The van der Waals surface area contributed by atoms with Crippen LogP contribution < -0.4 is 10.6 Å². The number of rotatable bonds is 5. The monoisotopic (exact) mass is 462 g/mol. The van der Waals surface area contributed by atoms with Crippen LogP contribution in [0.5, 0.6) is 0 Å². The number of esters is 1. The van der Waals surface area contributed by atoms with Crippen LogP contribution in [0.1, 0.15) is 37.7 Å². The summed E-state index contributed by atoms with van der Waals surface area (Å²) >= 11 is 13.3. The molecule has 0 saturated carbocycles. The van der Waals surface area contributed by atoms with Crippen LogP contribution >= 0.6 is 35.2 Å². The first kappa shape index (κ1) is 22.3. The van der Waals surface area contributed by atoms with Crippen LogP contribution in [-0.2, 0) is 11.3 Å². The van der Waals surface area contributed by atoms with Crippen molar-refractivity contribution in [2.24, 2.45) is 0 Å². The third-order valence-corrected chi connectivity index (χ3v) is 6.60. The zero-order valence-corrected chi connectivity index (χ0v) is 19.8. The molecule has 0 aliphatic rings. The normalized spacial score (nSPS) is 10.7. The van der Waals surface area contributed by atoms with E-state index < -0.39 is 0 Å². The maximum Gasteiger partial charge on any atom is 0.341 e. The Kier molecular flexibility index (Phi) is 6.80. The molecule has 3 aromatic rings. The Balaban J connectivity index is 1.80. The standard InChI is InChI=1S/C21H23ClN4O2S2/c1-11-14(4)30-19(17(11)20(27)28-5)24-21(29)23-18-12(2)25-26(13(18)3)10-15-8-6-7-9-16(15)22/h6-9H,10H2,1-5H3,(H2,23,24,29). The number of aromatic nitrogens is 2. The molecule has 6 nitrogen and oxygen atoms in total. The molecule has 158 valence electrons. The highest BCUT2D eigenvalue weighted by Crippen LogP contribution is 2.33. The molecule has 2 aromatic heterocycles. The topological polar surface area (TPSA) is 68.2 Å². The van der Waals surface area contributed by atoms with Crippen molar-refractivity contribution in [1.82, 2.24) is 9.78 Å². The van der Waals surface area contributed by atoms with E-state index in [4.69, 9.17) is 28.6 Å². The average Bonchev–Trinajstić information content (AvgIpc) is 3.12. The zero-order valence-electron chi connectivity index (χ0n) is 17.4. The number of carbonyl (C=O) groups excluding carboxylic acids is 1. The first-order valence-corrected chi connectivity index (χ1v) is 10.9. The highest BCUT2D eigenvalue weighted by Gasteiger charge is 2.21. The predicted molar refractivity (Wildman–Crippen MR) is 127 cm³/mol. The summed E-state index contributed by atoms with van der Waals surface area (Å²) in [5.74, 6) is -0.387. The predicted octanol–water partition coefficient (Wildman–Crippen LogP) is 5.48. The van der Waals surface area contributed by atoms with Gasteiger partial charge in [0.2, 0.25) is 0 Å². The highest BCUT2D eigenvalue weighted by atomic mass is 35.5. The number of nitrogens with one attached hydrogen (secondary N) is 2. The minimum atomic E-state index is -0.387. The second-order valence-electron chi connectivity index (χ2n) is 6.85. The number of hydrogen-bond acceptors (Lipinski definition) is 5. The van der Waals surface area contributed by atoms with Gasteiger partial charge in [0.05, 0.1) is 36.3 Å². The third kappa shape index (κ3) is 4.50. The number of ether oxygens (including phenoxy) is 1. The molecule has 0 spiro atoms. The molecule has 2 heterocycles. The average molecular weight is 463 g/mol. The fourth-order valence-corrected chi connectivity index (χ4v) is 4.65. The molecule has 0 aliphatic heterocycles. The van der Waals surface area contributed by atoms with Crippen molar-refractivity contribution in [1.29, 1.82) is 0 Å². The number of anilines is 2. The lowest BCUT2D eigenvalue weighted by molar-refractivity contribution is 0.0601. The Morgan fingerprint density at radius 1 is 1.23 bits per heavy atom. The molecule has 0 saturated heterocycles. The van der Waals surface area contributed by atoms with Crippen molar-refractivity contribution in [3.8, 4) is 0 Å². The number of benzene rings is 1. The number of thiophene rings is 1. The van der Waals surface area contributed by atoms with Crippen LogP contribution in [0.15, 0.2) is 24.3 Å². The maximum atomic E-state index is 12.2. The summed E-state index contributed by atoms with van der Waals surface area (Å²) in [7, 11) is 1.37. The molecule has 3 rings (SSSR count). The zero-order chi connectivity index (χ0) is 22.0. The fourth-order valence-electron chi connectivity index (χ4n) is 3.13. The minimum absolute atomic E-state index is 0.380. The molecule has 9 heteroatoms. The van der Waals surface area contributed by atoms with E-state index in [0.29, 0.717) is 27.2 Å². The van der Waals surface area contributed by atoms with E-state index in [-0.39, 0.29) is 5.97 Å². The molecule has 2 N–H and O–H groups in total. The quantitative estimate of drug-likeness (QED) is 0.386. The summed E-state index contributed by atoms with van der Waals surface area (Å²) in [4.78, 5) is 13.2. The number of carbonyl (C=O) groups is 1.